The second-order valence-corrected chi connectivity index (χ2v) is 6.22. The molecule has 0 saturated carbocycles. The van der Waals surface area contributed by atoms with Gasteiger partial charge in [-0.15, -0.1) is 0 Å². The normalized spacial score (nSPS) is 9.33. The molecule has 0 unspecified atom stereocenters. The Morgan fingerprint density at radius 2 is 1.07 bits per heavy atom. The molecule has 0 rings (SSSR count). The van der Waals surface area contributed by atoms with Gasteiger partial charge < -0.3 is 14.2 Å². The Balaban J connectivity index is -0.000000322. The lowest BCUT2D eigenvalue weighted by molar-refractivity contribution is -0.144. The molecule has 0 aromatic carbocycles. The van der Waals surface area contributed by atoms with Gasteiger partial charge in [-0.2, -0.15) is 0 Å². The van der Waals surface area contributed by atoms with Gasteiger partial charge >= 0.3 is 17.9 Å². The zero-order valence-electron chi connectivity index (χ0n) is 18.6. The van der Waals surface area contributed by atoms with E-state index >= 15 is 0 Å². The maximum absolute atomic E-state index is 10.7. The maximum atomic E-state index is 10.7. The first-order valence-corrected chi connectivity index (χ1v) is 10.2. The summed E-state index contributed by atoms with van der Waals surface area (Å²) in [6.07, 6.45) is 5.79. The molecule has 6 heteroatoms. The molecule has 0 atom stereocenters. The highest BCUT2D eigenvalue weighted by Crippen LogP contribution is 2.00. The van der Waals surface area contributed by atoms with Crippen LogP contribution in [0.25, 0.3) is 0 Å². The van der Waals surface area contributed by atoms with Crippen LogP contribution in [0.3, 0.4) is 0 Å². The molecule has 0 aliphatic carbocycles. The molecule has 0 fully saturated rings. The molecular formula is C21H42O6. The minimum Gasteiger partial charge on any atom is -0.466 e. The number of esters is 3. The first-order chi connectivity index (χ1) is 12.8. The molecule has 0 aromatic rings. The maximum Gasteiger partial charge on any atom is 0.306 e. The van der Waals surface area contributed by atoms with Crippen LogP contribution >= 0.6 is 0 Å². The molecule has 162 valence electrons. The Kier molecular flexibility index (Phi) is 27.3. The zero-order chi connectivity index (χ0) is 21.5. The van der Waals surface area contributed by atoms with Crippen molar-refractivity contribution in [1.29, 1.82) is 0 Å². The van der Waals surface area contributed by atoms with Gasteiger partial charge in [0.25, 0.3) is 0 Å². The SMILES string of the molecule is CCCC(=O)OCC.CCCCCC(=O)OCC.CCOC(=O)CC(C)C. The summed E-state index contributed by atoms with van der Waals surface area (Å²) in [4.78, 5) is 31.7. The van der Waals surface area contributed by atoms with Gasteiger partial charge in [0, 0.05) is 19.3 Å². The summed E-state index contributed by atoms with van der Waals surface area (Å²) in [6, 6.07) is 0. The van der Waals surface area contributed by atoms with E-state index < -0.39 is 0 Å². The van der Waals surface area contributed by atoms with Crippen molar-refractivity contribution in [2.24, 2.45) is 5.92 Å². The number of hydrogen-bond acceptors (Lipinski definition) is 6. The highest BCUT2D eigenvalue weighted by molar-refractivity contribution is 5.69. The molecule has 0 aliphatic rings. The van der Waals surface area contributed by atoms with Gasteiger partial charge in [-0.3, -0.25) is 14.4 Å². The molecule has 0 aromatic heterocycles. The van der Waals surface area contributed by atoms with Crippen LogP contribution < -0.4 is 0 Å². The Hall–Kier alpha value is -1.59. The third-order valence-electron chi connectivity index (χ3n) is 2.93. The molecule has 0 aliphatic heterocycles. The molecule has 0 heterocycles. The van der Waals surface area contributed by atoms with E-state index in [9.17, 15) is 14.4 Å². The summed E-state index contributed by atoms with van der Waals surface area (Å²) in [5.74, 6) is 0.169. The lowest BCUT2D eigenvalue weighted by atomic mass is 10.1. The predicted octanol–water partition coefficient (Wildman–Crippen LogP) is 5.08. The first kappa shape index (κ1) is 30.1. The fraction of sp³-hybridized carbons (Fsp3) is 0.857. The Morgan fingerprint density at radius 1 is 0.630 bits per heavy atom. The molecule has 0 amide bonds. The topological polar surface area (TPSA) is 78.9 Å². The fourth-order valence-electron chi connectivity index (χ4n) is 1.74. The van der Waals surface area contributed by atoms with Crippen molar-refractivity contribution in [3.05, 3.63) is 0 Å². The monoisotopic (exact) mass is 390 g/mol. The summed E-state index contributed by atoms with van der Waals surface area (Å²) in [7, 11) is 0. The molecule has 0 N–H and O–H groups in total. The van der Waals surface area contributed by atoms with Crippen LogP contribution in [0.4, 0.5) is 0 Å². The van der Waals surface area contributed by atoms with Crippen LogP contribution in [0.5, 0.6) is 0 Å². The van der Waals surface area contributed by atoms with E-state index in [0.29, 0.717) is 45.0 Å². The Morgan fingerprint density at radius 3 is 1.44 bits per heavy atom. The Bertz CT molecular complexity index is 345. The van der Waals surface area contributed by atoms with Crippen LogP contribution in [-0.2, 0) is 28.6 Å². The van der Waals surface area contributed by atoms with Crippen LogP contribution in [0.2, 0.25) is 0 Å². The van der Waals surface area contributed by atoms with Gasteiger partial charge in [0.15, 0.2) is 0 Å². The highest BCUT2D eigenvalue weighted by Gasteiger charge is 2.03. The van der Waals surface area contributed by atoms with Crippen LogP contribution in [-0.4, -0.2) is 37.7 Å². The van der Waals surface area contributed by atoms with Crippen LogP contribution in [0.1, 0.15) is 93.4 Å². The van der Waals surface area contributed by atoms with E-state index in [1.54, 1.807) is 0 Å². The number of hydrogen-bond donors (Lipinski definition) is 0. The zero-order valence-corrected chi connectivity index (χ0v) is 18.6. The van der Waals surface area contributed by atoms with Gasteiger partial charge in [0.05, 0.1) is 19.8 Å². The second kappa shape index (κ2) is 24.4. The van der Waals surface area contributed by atoms with Crippen molar-refractivity contribution in [2.45, 2.75) is 93.4 Å². The lowest BCUT2D eigenvalue weighted by Gasteiger charge is -2.02. The van der Waals surface area contributed by atoms with Gasteiger partial charge in [-0.05, 0) is 39.5 Å². The predicted molar refractivity (Wildman–Crippen MR) is 108 cm³/mol. The molecule has 27 heavy (non-hydrogen) atoms. The minimum absolute atomic E-state index is 0.0593. The van der Waals surface area contributed by atoms with E-state index in [-0.39, 0.29) is 17.9 Å². The van der Waals surface area contributed by atoms with E-state index in [1.165, 1.54) is 0 Å². The molecule has 0 spiro atoms. The van der Waals surface area contributed by atoms with E-state index in [4.69, 9.17) is 9.47 Å². The number of carbonyl (C=O) groups excluding carboxylic acids is 3. The molecule has 0 saturated heterocycles. The van der Waals surface area contributed by atoms with Crippen LogP contribution in [0, 0.1) is 5.92 Å². The highest BCUT2D eigenvalue weighted by atomic mass is 16.5. The van der Waals surface area contributed by atoms with Crippen molar-refractivity contribution in [1.82, 2.24) is 0 Å². The third kappa shape index (κ3) is 32.5. The molecule has 0 bridgehead atoms. The number of ether oxygens (including phenoxy) is 3. The molecule has 6 nitrogen and oxygen atoms in total. The van der Waals surface area contributed by atoms with Crippen molar-refractivity contribution < 1.29 is 28.6 Å². The summed E-state index contributed by atoms with van der Waals surface area (Å²) >= 11 is 0. The summed E-state index contributed by atoms with van der Waals surface area (Å²) in [5.41, 5.74) is 0. The van der Waals surface area contributed by atoms with Crippen molar-refractivity contribution in [3.8, 4) is 0 Å². The van der Waals surface area contributed by atoms with Gasteiger partial charge in [0.1, 0.15) is 0 Å². The molecule has 0 radical (unpaired) electrons. The second-order valence-electron chi connectivity index (χ2n) is 6.22. The number of rotatable bonds is 11. The van der Waals surface area contributed by atoms with Crippen LogP contribution in [0.15, 0.2) is 0 Å². The average molecular weight is 391 g/mol. The van der Waals surface area contributed by atoms with E-state index in [1.807, 2.05) is 41.5 Å². The van der Waals surface area contributed by atoms with Crippen molar-refractivity contribution >= 4 is 17.9 Å². The van der Waals surface area contributed by atoms with Crippen molar-refractivity contribution in [3.63, 3.8) is 0 Å². The summed E-state index contributed by atoms with van der Waals surface area (Å²) in [5, 5.41) is 0. The van der Waals surface area contributed by atoms with E-state index in [2.05, 4.69) is 11.7 Å². The minimum atomic E-state index is -0.0903. The molecular weight excluding hydrogens is 348 g/mol. The van der Waals surface area contributed by atoms with Gasteiger partial charge in [-0.1, -0.05) is 40.5 Å². The fourth-order valence-corrected chi connectivity index (χ4v) is 1.74. The largest absolute Gasteiger partial charge is 0.466 e. The lowest BCUT2D eigenvalue weighted by Crippen LogP contribution is -2.06. The van der Waals surface area contributed by atoms with Gasteiger partial charge in [-0.25, -0.2) is 0 Å². The van der Waals surface area contributed by atoms with Crippen molar-refractivity contribution in [2.75, 3.05) is 19.8 Å². The average Bonchev–Trinajstić information content (AvgIpc) is 2.56. The standard InChI is InChI=1S/C8H16O2.C7H14O2.C6H12O2/c1-3-5-6-7-8(9)10-4-2;1-4-9-7(8)5-6(2)3;1-3-5-6(7)8-4-2/h3-7H2,1-2H3;6H,4-5H2,1-3H3;3-5H2,1-2H3. The van der Waals surface area contributed by atoms with E-state index in [0.717, 1.165) is 25.7 Å². The number of carbonyl (C=O) groups is 3. The summed E-state index contributed by atoms with van der Waals surface area (Å²) in [6.45, 7) is 15.0. The van der Waals surface area contributed by atoms with Gasteiger partial charge in [0.2, 0.25) is 0 Å². The first-order valence-electron chi connectivity index (χ1n) is 10.2. The smallest absolute Gasteiger partial charge is 0.306 e. The summed E-state index contributed by atoms with van der Waals surface area (Å²) < 4.78 is 14.1. The third-order valence-corrected chi connectivity index (χ3v) is 2.93. The Labute approximate surface area is 166 Å². The number of unbranched alkanes of at least 4 members (excludes halogenated alkanes) is 2. The quantitative estimate of drug-likeness (QED) is 0.278.